The van der Waals surface area contributed by atoms with Crippen molar-refractivity contribution in [2.75, 3.05) is 40.4 Å². The Kier molecular flexibility index (Phi) is 11.0. The van der Waals surface area contributed by atoms with Crippen LogP contribution in [0.2, 0.25) is 0 Å². The fraction of sp³-hybridized carbons (Fsp3) is 0.704. The summed E-state index contributed by atoms with van der Waals surface area (Å²) in [4.78, 5) is 29.0. The van der Waals surface area contributed by atoms with Gasteiger partial charge in [-0.3, -0.25) is 9.59 Å². The maximum absolute atomic E-state index is 13.1. The summed E-state index contributed by atoms with van der Waals surface area (Å²) in [6.45, 7) is 13.3. The molecule has 2 amide bonds. The van der Waals surface area contributed by atoms with E-state index < -0.39 is 0 Å². The Morgan fingerprint density at radius 2 is 1.42 bits per heavy atom. The number of benzene rings is 1. The van der Waals surface area contributed by atoms with Crippen LogP contribution in [0.15, 0.2) is 24.3 Å². The van der Waals surface area contributed by atoms with Crippen LogP contribution in [0.3, 0.4) is 0 Å². The quantitative estimate of drug-likeness (QED) is 0.461. The average Bonchev–Trinajstić information content (AvgIpc) is 2.77. The molecule has 0 saturated heterocycles. The minimum Gasteiger partial charge on any atom is -0.395 e. The average molecular weight is 463 g/mol. The van der Waals surface area contributed by atoms with Crippen molar-refractivity contribution in [2.24, 2.45) is 16.7 Å². The van der Waals surface area contributed by atoms with Crippen LogP contribution in [0.25, 0.3) is 0 Å². The van der Waals surface area contributed by atoms with Crippen molar-refractivity contribution in [2.45, 2.75) is 66.7 Å². The lowest BCUT2D eigenvalue weighted by Gasteiger charge is -2.42. The van der Waals surface area contributed by atoms with E-state index in [1.807, 2.05) is 38.4 Å². The summed E-state index contributed by atoms with van der Waals surface area (Å²) in [6.07, 6.45) is 2.64. The molecule has 6 nitrogen and oxygen atoms in total. The third-order valence-corrected chi connectivity index (χ3v) is 7.26. The van der Waals surface area contributed by atoms with Crippen molar-refractivity contribution < 1.29 is 19.8 Å². The van der Waals surface area contributed by atoms with Gasteiger partial charge in [-0.2, -0.15) is 0 Å². The molecule has 0 aliphatic heterocycles. The lowest BCUT2D eigenvalue weighted by molar-refractivity contribution is -0.138. The number of aliphatic hydroxyl groups excluding tert-OH is 2. The number of carbonyl (C=O) groups is 2. The molecule has 1 rings (SSSR count). The van der Waals surface area contributed by atoms with E-state index in [-0.39, 0.29) is 60.8 Å². The van der Waals surface area contributed by atoms with Crippen LogP contribution in [0.1, 0.15) is 82.6 Å². The monoisotopic (exact) mass is 462 g/mol. The molecule has 0 spiro atoms. The molecule has 0 fully saturated rings. The molecule has 1 aromatic carbocycles. The van der Waals surface area contributed by atoms with Crippen LogP contribution in [0.5, 0.6) is 0 Å². The molecule has 188 valence electrons. The molecule has 0 aromatic heterocycles. The first-order valence-corrected chi connectivity index (χ1v) is 12.2. The molecule has 0 bridgehead atoms. The Labute approximate surface area is 201 Å². The number of aliphatic hydroxyl groups is 2. The molecular weight excluding hydrogens is 416 g/mol. The van der Waals surface area contributed by atoms with E-state index in [1.165, 1.54) is 4.90 Å². The van der Waals surface area contributed by atoms with Crippen molar-refractivity contribution >= 4 is 11.8 Å². The van der Waals surface area contributed by atoms with Gasteiger partial charge in [-0.05, 0) is 47.3 Å². The zero-order valence-corrected chi connectivity index (χ0v) is 22.0. The molecule has 33 heavy (non-hydrogen) atoms. The molecule has 0 radical (unpaired) electrons. The second-order valence-corrected chi connectivity index (χ2v) is 10.6. The molecular formula is C27H46N2O4. The molecule has 0 aliphatic rings. The van der Waals surface area contributed by atoms with Gasteiger partial charge in [-0.25, -0.2) is 0 Å². The van der Waals surface area contributed by atoms with Crippen LogP contribution in [-0.4, -0.2) is 72.2 Å². The summed E-state index contributed by atoms with van der Waals surface area (Å²) in [6, 6.07) is 7.67. The van der Waals surface area contributed by atoms with Gasteiger partial charge in [0.2, 0.25) is 5.91 Å². The van der Waals surface area contributed by atoms with E-state index >= 15 is 0 Å². The van der Waals surface area contributed by atoms with E-state index in [0.717, 1.165) is 24.8 Å². The van der Waals surface area contributed by atoms with E-state index in [4.69, 9.17) is 0 Å². The predicted molar refractivity (Wildman–Crippen MR) is 134 cm³/mol. The van der Waals surface area contributed by atoms with Crippen molar-refractivity contribution in [1.82, 2.24) is 9.80 Å². The van der Waals surface area contributed by atoms with E-state index in [2.05, 4.69) is 41.5 Å². The first-order valence-electron chi connectivity index (χ1n) is 12.2. The number of hydrogen-bond acceptors (Lipinski definition) is 4. The van der Waals surface area contributed by atoms with E-state index in [0.29, 0.717) is 5.56 Å². The van der Waals surface area contributed by atoms with Gasteiger partial charge in [0.1, 0.15) is 0 Å². The zero-order valence-electron chi connectivity index (χ0n) is 22.0. The largest absolute Gasteiger partial charge is 0.395 e. The molecule has 2 N–H and O–H groups in total. The summed E-state index contributed by atoms with van der Waals surface area (Å²) >= 11 is 0. The SMILES string of the molecule is CCC(c1ccc(C(=O)N(CCO)CCO)cc1)C(C)(C)CC(C(=O)N(C)C)C(C)(C)CC. The molecule has 2 atom stereocenters. The first-order chi connectivity index (χ1) is 15.4. The van der Waals surface area contributed by atoms with Crippen LogP contribution >= 0.6 is 0 Å². The van der Waals surface area contributed by atoms with Crippen LogP contribution < -0.4 is 0 Å². The minimum atomic E-state index is -0.196. The summed E-state index contributed by atoms with van der Waals surface area (Å²) < 4.78 is 0. The Bertz CT molecular complexity index is 750. The topological polar surface area (TPSA) is 81.1 Å². The Morgan fingerprint density at radius 3 is 1.82 bits per heavy atom. The normalized spacial score (nSPS) is 14.0. The molecule has 2 unspecified atom stereocenters. The van der Waals surface area contributed by atoms with E-state index in [9.17, 15) is 19.8 Å². The lowest BCUT2D eigenvalue weighted by atomic mass is 9.63. The highest BCUT2D eigenvalue weighted by Gasteiger charge is 2.41. The van der Waals surface area contributed by atoms with Crippen molar-refractivity contribution in [3.8, 4) is 0 Å². The van der Waals surface area contributed by atoms with Gasteiger partial charge < -0.3 is 20.0 Å². The van der Waals surface area contributed by atoms with Gasteiger partial charge >= 0.3 is 0 Å². The van der Waals surface area contributed by atoms with Crippen molar-refractivity contribution in [3.05, 3.63) is 35.4 Å². The van der Waals surface area contributed by atoms with E-state index in [1.54, 1.807) is 4.90 Å². The summed E-state index contributed by atoms with van der Waals surface area (Å²) in [5, 5.41) is 18.4. The standard InChI is InChI=1S/C27H46N2O4/c1-9-22(27(5,6)19-23(25(33)28(7)8)26(3,4)10-2)20-11-13-21(14-12-20)24(32)29(15-17-30)16-18-31/h11-14,22-23,30-31H,9-10,15-19H2,1-8H3. The van der Waals surface area contributed by atoms with Gasteiger partial charge in [0.25, 0.3) is 5.91 Å². The second-order valence-electron chi connectivity index (χ2n) is 10.6. The number of carbonyl (C=O) groups excluding carboxylic acids is 2. The molecule has 0 saturated carbocycles. The van der Waals surface area contributed by atoms with Crippen LogP contribution in [0, 0.1) is 16.7 Å². The predicted octanol–water partition coefficient (Wildman–Crippen LogP) is 4.16. The fourth-order valence-corrected chi connectivity index (χ4v) is 4.76. The summed E-state index contributed by atoms with van der Waals surface area (Å²) in [5.74, 6) is 0.141. The highest BCUT2D eigenvalue weighted by molar-refractivity contribution is 5.94. The third-order valence-electron chi connectivity index (χ3n) is 7.26. The summed E-state index contributed by atoms with van der Waals surface area (Å²) in [5.41, 5.74) is 1.47. The third kappa shape index (κ3) is 7.54. The molecule has 6 heteroatoms. The maximum Gasteiger partial charge on any atom is 0.254 e. The first kappa shape index (κ1) is 29.1. The Morgan fingerprint density at radius 1 is 0.909 bits per heavy atom. The Hall–Kier alpha value is -1.92. The highest BCUT2D eigenvalue weighted by atomic mass is 16.3. The van der Waals surface area contributed by atoms with Crippen molar-refractivity contribution in [3.63, 3.8) is 0 Å². The minimum absolute atomic E-state index is 0.0760. The van der Waals surface area contributed by atoms with Gasteiger partial charge in [0, 0.05) is 38.7 Å². The van der Waals surface area contributed by atoms with Gasteiger partial charge in [-0.15, -0.1) is 0 Å². The maximum atomic E-state index is 13.1. The molecule has 0 aliphatic carbocycles. The number of hydrogen-bond donors (Lipinski definition) is 2. The molecule has 1 aromatic rings. The van der Waals surface area contributed by atoms with Crippen molar-refractivity contribution in [1.29, 1.82) is 0 Å². The number of nitrogens with zero attached hydrogens (tertiary/aromatic N) is 2. The summed E-state index contributed by atoms with van der Waals surface area (Å²) in [7, 11) is 3.66. The van der Waals surface area contributed by atoms with Crippen LogP contribution in [0.4, 0.5) is 0 Å². The van der Waals surface area contributed by atoms with Crippen LogP contribution in [-0.2, 0) is 4.79 Å². The van der Waals surface area contributed by atoms with Gasteiger partial charge in [0.15, 0.2) is 0 Å². The molecule has 0 heterocycles. The second kappa shape index (κ2) is 12.5. The zero-order chi connectivity index (χ0) is 25.4. The van der Waals surface area contributed by atoms with Gasteiger partial charge in [0.05, 0.1) is 13.2 Å². The fourth-order valence-electron chi connectivity index (χ4n) is 4.76. The van der Waals surface area contributed by atoms with Gasteiger partial charge in [-0.1, -0.05) is 60.1 Å². The smallest absolute Gasteiger partial charge is 0.254 e. The highest BCUT2D eigenvalue weighted by Crippen LogP contribution is 2.47. The number of amides is 2. The number of rotatable bonds is 13. The Balaban J connectivity index is 3.19. The lowest BCUT2D eigenvalue weighted by Crippen LogP contribution is -2.42.